The summed E-state index contributed by atoms with van der Waals surface area (Å²) in [5.74, 6) is -1.02. The van der Waals surface area contributed by atoms with Crippen LogP contribution in [0.3, 0.4) is 0 Å². The Hall–Kier alpha value is -1.36. The van der Waals surface area contributed by atoms with Crippen LogP contribution in [0.5, 0.6) is 0 Å². The molecular weight excluding hydrogens is 346 g/mol. The lowest BCUT2D eigenvalue weighted by Crippen LogP contribution is -2.49. The third kappa shape index (κ3) is 4.09. The van der Waals surface area contributed by atoms with Gasteiger partial charge in [-0.1, -0.05) is 34.5 Å². The monoisotopic (exact) mass is 367 g/mol. The molecule has 0 bridgehead atoms. The Balaban J connectivity index is 1.94. The first kappa shape index (κ1) is 17.0. The number of hydrogen-bond donors (Lipinski definition) is 2. The van der Waals surface area contributed by atoms with Crippen LogP contribution in [0.2, 0.25) is 0 Å². The maximum atomic E-state index is 12.2. The molecule has 120 valence electrons. The molecule has 0 aliphatic heterocycles. The van der Waals surface area contributed by atoms with Gasteiger partial charge in [-0.05, 0) is 50.8 Å². The molecule has 0 unspecified atom stereocenters. The molecule has 1 fully saturated rings. The van der Waals surface area contributed by atoms with E-state index >= 15 is 0 Å². The highest BCUT2D eigenvalue weighted by Gasteiger charge is 2.46. The number of amides is 1. The molecule has 5 heteroatoms. The maximum absolute atomic E-state index is 12.2. The van der Waals surface area contributed by atoms with Gasteiger partial charge in [0, 0.05) is 16.4 Å². The summed E-state index contributed by atoms with van der Waals surface area (Å²) < 4.78 is 1.02. The molecular formula is C17H22BrNO3. The average Bonchev–Trinajstić information content (AvgIpc) is 2.35. The Morgan fingerprint density at radius 1 is 1.27 bits per heavy atom. The van der Waals surface area contributed by atoms with E-state index in [1.807, 2.05) is 38.1 Å². The first-order valence-electron chi connectivity index (χ1n) is 7.51. The summed E-state index contributed by atoms with van der Waals surface area (Å²) in [4.78, 5) is 23.6. The van der Waals surface area contributed by atoms with E-state index in [1.54, 1.807) is 0 Å². The summed E-state index contributed by atoms with van der Waals surface area (Å²) in [6, 6.07) is 7.98. The van der Waals surface area contributed by atoms with Crippen LogP contribution in [0, 0.1) is 5.41 Å². The lowest BCUT2D eigenvalue weighted by Gasteiger charge is -2.38. The fourth-order valence-electron chi connectivity index (χ4n) is 2.96. The second-order valence-electron chi connectivity index (χ2n) is 6.85. The van der Waals surface area contributed by atoms with E-state index in [-0.39, 0.29) is 12.3 Å². The minimum absolute atomic E-state index is 0.0755. The van der Waals surface area contributed by atoms with Crippen LogP contribution in [-0.4, -0.2) is 22.5 Å². The Morgan fingerprint density at radius 3 is 2.32 bits per heavy atom. The minimum Gasteiger partial charge on any atom is -0.481 e. The molecule has 0 saturated heterocycles. The highest BCUT2D eigenvalue weighted by molar-refractivity contribution is 9.10. The van der Waals surface area contributed by atoms with Gasteiger partial charge in [0.25, 0.3) is 0 Å². The van der Waals surface area contributed by atoms with Crippen LogP contribution in [0.1, 0.15) is 45.1 Å². The second-order valence-corrected chi connectivity index (χ2v) is 7.77. The summed E-state index contributed by atoms with van der Waals surface area (Å²) in [5.41, 5.74) is -0.114. The molecule has 1 aliphatic rings. The van der Waals surface area contributed by atoms with Crippen LogP contribution in [0.4, 0.5) is 0 Å². The van der Waals surface area contributed by atoms with Crippen molar-refractivity contribution in [1.82, 2.24) is 5.32 Å². The molecule has 2 rings (SSSR count). The Labute approximate surface area is 139 Å². The number of hydrogen-bond acceptors (Lipinski definition) is 2. The predicted molar refractivity (Wildman–Crippen MR) is 88.6 cm³/mol. The predicted octanol–water partition coefficient (Wildman–Crippen LogP) is 3.53. The third-order valence-electron chi connectivity index (χ3n) is 4.30. The third-order valence-corrected chi connectivity index (χ3v) is 4.83. The van der Waals surface area contributed by atoms with Crippen molar-refractivity contribution in [3.63, 3.8) is 0 Å². The lowest BCUT2D eigenvalue weighted by atomic mass is 9.66. The van der Waals surface area contributed by atoms with E-state index in [0.717, 1.165) is 16.5 Å². The minimum atomic E-state index is -0.848. The Bertz CT molecular complexity index is 562. The zero-order valence-corrected chi connectivity index (χ0v) is 14.6. The number of benzene rings is 1. The molecule has 1 aromatic carbocycles. The van der Waals surface area contributed by atoms with Gasteiger partial charge in [0.1, 0.15) is 0 Å². The fourth-order valence-corrected chi connectivity index (χ4v) is 3.22. The molecule has 2 N–H and O–H groups in total. The van der Waals surface area contributed by atoms with E-state index in [9.17, 15) is 14.7 Å². The van der Waals surface area contributed by atoms with Gasteiger partial charge in [-0.2, -0.15) is 0 Å². The molecule has 0 aromatic heterocycles. The number of aliphatic carboxylic acids is 1. The zero-order valence-electron chi connectivity index (χ0n) is 13.0. The number of carbonyl (C=O) groups is 2. The normalized spacial score (nSPS) is 16.7. The van der Waals surface area contributed by atoms with E-state index < -0.39 is 16.9 Å². The van der Waals surface area contributed by atoms with Crippen LogP contribution in [0.15, 0.2) is 28.7 Å². The quantitative estimate of drug-likeness (QED) is 0.807. The maximum Gasteiger partial charge on any atom is 0.310 e. The van der Waals surface area contributed by atoms with Gasteiger partial charge in [0.05, 0.1) is 5.41 Å². The van der Waals surface area contributed by atoms with E-state index in [0.29, 0.717) is 19.3 Å². The summed E-state index contributed by atoms with van der Waals surface area (Å²) in [6.45, 7) is 3.92. The van der Waals surface area contributed by atoms with Gasteiger partial charge in [0.15, 0.2) is 0 Å². The number of carboxylic acid groups (broad SMARTS) is 1. The molecule has 1 saturated carbocycles. The number of carboxylic acids is 1. The van der Waals surface area contributed by atoms with Crippen molar-refractivity contribution >= 4 is 27.8 Å². The molecule has 22 heavy (non-hydrogen) atoms. The molecule has 0 heterocycles. The average molecular weight is 368 g/mol. The molecule has 4 nitrogen and oxygen atoms in total. The van der Waals surface area contributed by atoms with Gasteiger partial charge < -0.3 is 10.4 Å². The van der Waals surface area contributed by atoms with Gasteiger partial charge in [0.2, 0.25) is 5.91 Å². The molecule has 0 spiro atoms. The summed E-state index contributed by atoms with van der Waals surface area (Å²) >= 11 is 3.40. The molecule has 0 radical (unpaired) electrons. The van der Waals surface area contributed by atoms with Crippen molar-refractivity contribution in [3.05, 3.63) is 34.3 Å². The van der Waals surface area contributed by atoms with Crippen molar-refractivity contribution in [3.8, 4) is 0 Å². The molecule has 1 aromatic rings. The standard InChI is InChI=1S/C17H22BrNO3/c1-16(2,10-12-4-6-13(18)7-5-12)19-14(20)11-17(15(21)22)8-3-9-17/h4-7H,3,8-11H2,1-2H3,(H,19,20)(H,21,22). The molecule has 0 atom stereocenters. The van der Waals surface area contributed by atoms with Gasteiger partial charge >= 0.3 is 5.97 Å². The van der Waals surface area contributed by atoms with Crippen LogP contribution >= 0.6 is 15.9 Å². The van der Waals surface area contributed by atoms with Crippen molar-refractivity contribution in [1.29, 1.82) is 0 Å². The Morgan fingerprint density at radius 2 is 1.86 bits per heavy atom. The van der Waals surface area contributed by atoms with Crippen LogP contribution in [0.25, 0.3) is 0 Å². The molecule has 1 aliphatic carbocycles. The number of nitrogens with one attached hydrogen (secondary N) is 1. The number of rotatable bonds is 6. The van der Waals surface area contributed by atoms with Crippen LogP contribution < -0.4 is 5.32 Å². The smallest absolute Gasteiger partial charge is 0.310 e. The van der Waals surface area contributed by atoms with Crippen LogP contribution in [-0.2, 0) is 16.0 Å². The number of carbonyl (C=O) groups excluding carboxylic acids is 1. The Kier molecular flexibility index (Phi) is 4.95. The first-order chi connectivity index (χ1) is 10.2. The highest BCUT2D eigenvalue weighted by atomic mass is 79.9. The summed E-state index contributed by atoms with van der Waals surface area (Å²) in [6.07, 6.45) is 2.87. The lowest BCUT2D eigenvalue weighted by molar-refractivity contribution is -0.157. The van der Waals surface area contributed by atoms with Gasteiger partial charge in [-0.25, -0.2) is 0 Å². The van der Waals surface area contributed by atoms with Crippen molar-refractivity contribution in [2.45, 2.75) is 51.5 Å². The van der Waals surface area contributed by atoms with E-state index in [1.165, 1.54) is 0 Å². The fraction of sp³-hybridized carbons (Fsp3) is 0.529. The van der Waals surface area contributed by atoms with E-state index in [2.05, 4.69) is 21.2 Å². The zero-order chi connectivity index (χ0) is 16.4. The van der Waals surface area contributed by atoms with Crippen molar-refractivity contribution < 1.29 is 14.7 Å². The first-order valence-corrected chi connectivity index (χ1v) is 8.31. The van der Waals surface area contributed by atoms with E-state index in [4.69, 9.17) is 0 Å². The van der Waals surface area contributed by atoms with Crippen molar-refractivity contribution in [2.24, 2.45) is 5.41 Å². The van der Waals surface area contributed by atoms with Gasteiger partial charge in [-0.3, -0.25) is 9.59 Å². The summed E-state index contributed by atoms with van der Waals surface area (Å²) in [7, 11) is 0. The largest absolute Gasteiger partial charge is 0.481 e. The summed E-state index contributed by atoms with van der Waals surface area (Å²) in [5, 5.41) is 12.3. The van der Waals surface area contributed by atoms with Crippen molar-refractivity contribution in [2.75, 3.05) is 0 Å². The topological polar surface area (TPSA) is 66.4 Å². The molecule has 1 amide bonds. The number of halogens is 1. The highest BCUT2D eigenvalue weighted by Crippen LogP contribution is 2.44. The second kappa shape index (κ2) is 6.41. The SMILES string of the molecule is CC(C)(Cc1ccc(Br)cc1)NC(=O)CC1(C(=O)O)CCC1. The van der Waals surface area contributed by atoms with Gasteiger partial charge in [-0.15, -0.1) is 0 Å².